The van der Waals surface area contributed by atoms with Crippen molar-refractivity contribution in [3.05, 3.63) is 80.5 Å². The zero-order valence-corrected chi connectivity index (χ0v) is 20.8. The smallest absolute Gasteiger partial charge is 0.138 e. The van der Waals surface area contributed by atoms with Crippen LogP contribution in [0.5, 0.6) is 0 Å². The van der Waals surface area contributed by atoms with E-state index in [9.17, 15) is 8.78 Å². The van der Waals surface area contributed by atoms with E-state index >= 15 is 0 Å². The van der Waals surface area contributed by atoms with Crippen LogP contribution in [0.25, 0.3) is 20.5 Å². The summed E-state index contributed by atoms with van der Waals surface area (Å²) in [7, 11) is 0. The van der Waals surface area contributed by atoms with Gasteiger partial charge in [0.2, 0.25) is 0 Å². The fourth-order valence-electron chi connectivity index (χ4n) is 3.94. The molecule has 4 aromatic rings. The molecule has 0 saturated heterocycles. The largest absolute Gasteiger partial charge is 0.411 e. The fourth-order valence-corrected chi connectivity index (χ4v) is 6.26. The Labute approximate surface area is 206 Å². The molecule has 2 aromatic heterocycles. The zero-order valence-electron chi connectivity index (χ0n) is 19.1. The second-order valence-corrected chi connectivity index (χ2v) is 10.3. The molecular formula is C28H25F2NOS2. The Kier molecular flexibility index (Phi) is 7.77. The van der Waals surface area contributed by atoms with Crippen molar-refractivity contribution >= 4 is 38.3 Å². The van der Waals surface area contributed by atoms with Gasteiger partial charge in [-0.05, 0) is 66.3 Å². The van der Waals surface area contributed by atoms with Crippen LogP contribution in [0.2, 0.25) is 0 Å². The Bertz CT molecular complexity index is 1360. The predicted molar refractivity (Wildman–Crippen MR) is 139 cm³/mol. The molecule has 0 fully saturated rings. The third-order valence-electron chi connectivity index (χ3n) is 5.71. The predicted octanol–water partition coefficient (Wildman–Crippen LogP) is 8.41. The van der Waals surface area contributed by atoms with E-state index in [1.165, 1.54) is 39.6 Å². The summed E-state index contributed by atoms with van der Waals surface area (Å²) in [5.41, 5.74) is 2.07. The van der Waals surface area contributed by atoms with Crippen molar-refractivity contribution in [1.29, 1.82) is 0 Å². The van der Waals surface area contributed by atoms with Gasteiger partial charge in [-0.15, -0.1) is 22.7 Å². The highest BCUT2D eigenvalue weighted by Crippen LogP contribution is 2.34. The molecule has 6 heteroatoms. The maximum atomic E-state index is 14.8. The lowest BCUT2D eigenvalue weighted by Crippen LogP contribution is -2.02. The zero-order chi connectivity index (χ0) is 24.1. The second-order valence-electron chi connectivity index (χ2n) is 8.05. The number of halogens is 2. The Balaban J connectivity index is 1.54. The first-order chi connectivity index (χ1) is 16.5. The van der Waals surface area contributed by atoms with Crippen LogP contribution in [0.3, 0.4) is 0 Å². The first-order valence-electron chi connectivity index (χ1n) is 11.4. The Morgan fingerprint density at radius 3 is 2.41 bits per heavy atom. The summed E-state index contributed by atoms with van der Waals surface area (Å²) in [4.78, 5) is 2.48. The average Bonchev–Trinajstić information content (AvgIpc) is 3.39. The van der Waals surface area contributed by atoms with Gasteiger partial charge in [0.1, 0.15) is 11.6 Å². The lowest BCUT2D eigenvalue weighted by molar-refractivity contribution is 0.321. The number of aryl methyl sites for hydroxylation is 1. The summed E-state index contributed by atoms with van der Waals surface area (Å²) in [5.74, 6) is 4.97. The molecule has 0 radical (unpaired) electrons. The maximum absolute atomic E-state index is 14.8. The van der Waals surface area contributed by atoms with Gasteiger partial charge in [-0.2, -0.15) is 0 Å². The van der Waals surface area contributed by atoms with Crippen LogP contribution in [-0.4, -0.2) is 11.4 Å². The fraction of sp³-hybridized carbons (Fsp3) is 0.250. The lowest BCUT2D eigenvalue weighted by Gasteiger charge is -2.12. The van der Waals surface area contributed by atoms with Gasteiger partial charge in [-0.25, -0.2) is 8.78 Å². The van der Waals surface area contributed by atoms with Gasteiger partial charge < -0.3 is 5.21 Å². The van der Waals surface area contributed by atoms with Crippen molar-refractivity contribution in [1.82, 2.24) is 0 Å². The minimum absolute atomic E-state index is 0.338. The molecule has 0 unspecified atom stereocenters. The number of oxime groups is 1. The first-order valence-corrected chi connectivity index (χ1v) is 13.0. The molecule has 4 rings (SSSR count). The molecule has 2 nitrogen and oxygen atoms in total. The molecule has 0 saturated carbocycles. The third-order valence-corrected chi connectivity index (χ3v) is 7.97. The summed E-state index contributed by atoms with van der Waals surface area (Å²) in [6.07, 6.45) is 6.07. The summed E-state index contributed by atoms with van der Waals surface area (Å²) in [6, 6.07) is 13.1. The second kappa shape index (κ2) is 10.9. The molecule has 34 heavy (non-hydrogen) atoms. The number of fused-ring (bicyclic) bond motifs is 1. The van der Waals surface area contributed by atoms with Crippen molar-refractivity contribution in [2.45, 2.75) is 46.0 Å². The third kappa shape index (κ3) is 5.22. The number of thiophene rings is 2. The van der Waals surface area contributed by atoms with E-state index in [0.717, 1.165) is 23.1 Å². The summed E-state index contributed by atoms with van der Waals surface area (Å²) < 4.78 is 31.7. The highest BCUT2D eigenvalue weighted by Gasteiger charge is 2.17. The Morgan fingerprint density at radius 2 is 1.74 bits per heavy atom. The van der Waals surface area contributed by atoms with E-state index in [4.69, 9.17) is 5.21 Å². The van der Waals surface area contributed by atoms with Crippen LogP contribution in [0.4, 0.5) is 8.78 Å². The number of rotatable bonds is 7. The SMILES string of the molecule is CCCCCc1cc2sc(C#Cc3ccc(-c4cc(F)c(/C=N/O)c(F)c4CC)cc3)cc2s1. The monoisotopic (exact) mass is 493 g/mol. The number of hydrogen-bond acceptors (Lipinski definition) is 4. The summed E-state index contributed by atoms with van der Waals surface area (Å²) in [5, 5.41) is 11.5. The van der Waals surface area contributed by atoms with Crippen LogP contribution in [0.1, 0.15) is 59.6 Å². The van der Waals surface area contributed by atoms with E-state index < -0.39 is 11.6 Å². The molecular weight excluding hydrogens is 468 g/mol. The van der Waals surface area contributed by atoms with Gasteiger partial charge in [0.05, 0.1) is 16.7 Å². The van der Waals surface area contributed by atoms with Crippen molar-refractivity contribution in [2.75, 3.05) is 0 Å². The topological polar surface area (TPSA) is 32.6 Å². The molecule has 0 aliphatic rings. The number of benzene rings is 2. The van der Waals surface area contributed by atoms with E-state index in [0.29, 0.717) is 23.1 Å². The van der Waals surface area contributed by atoms with Crippen molar-refractivity contribution < 1.29 is 14.0 Å². The van der Waals surface area contributed by atoms with E-state index in [1.807, 2.05) is 35.6 Å². The van der Waals surface area contributed by atoms with Gasteiger partial charge in [0, 0.05) is 19.8 Å². The molecule has 0 atom stereocenters. The highest BCUT2D eigenvalue weighted by atomic mass is 32.1. The molecule has 0 aliphatic heterocycles. The standard InChI is InChI=1S/C28H25F2NOS2/c1-3-5-6-7-20-14-26-27(33-20)15-21(34-26)13-10-18-8-11-19(12-9-18)23-16-25(29)24(17-31-32)28(30)22(23)4-2/h8-9,11-12,14-17,32H,3-7H2,1-2H3/b31-17+. The van der Waals surface area contributed by atoms with Gasteiger partial charge in [0.25, 0.3) is 0 Å². The minimum atomic E-state index is -0.766. The van der Waals surface area contributed by atoms with E-state index in [1.54, 1.807) is 18.3 Å². The van der Waals surface area contributed by atoms with Crippen LogP contribution in [0.15, 0.2) is 47.6 Å². The molecule has 174 valence electrons. The molecule has 1 N–H and O–H groups in total. The average molecular weight is 494 g/mol. The quantitative estimate of drug-likeness (QED) is 0.0905. The minimum Gasteiger partial charge on any atom is -0.411 e. The van der Waals surface area contributed by atoms with Crippen LogP contribution >= 0.6 is 22.7 Å². The van der Waals surface area contributed by atoms with E-state index in [-0.39, 0.29) is 5.56 Å². The summed E-state index contributed by atoms with van der Waals surface area (Å²) >= 11 is 3.57. The number of hydrogen-bond donors (Lipinski definition) is 1. The van der Waals surface area contributed by atoms with Crippen molar-refractivity contribution in [3.8, 4) is 23.0 Å². The molecule has 0 amide bonds. The number of nitrogens with zero attached hydrogens (tertiary/aromatic N) is 1. The van der Waals surface area contributed by atoms with Crippen LogP contribution in [0, 0.1) is 23.5 Å². The van der Waals surface area contributed by atoms with E-state index in [2.05, 4.69) is 36.1 Å². The van der Waals surface area contributed by atoms with Gasteiger partial charge in [-0.3, -0.25) is 0 Å². The van der Waals surface area contributed by atoms with Crippen LogP contribution < -0.4 is 0 Å². The van der Waals surface area contributed by atoms with Crippen molar-refractivity contribution in [2.24, 2.45) is 5.16 Å². The van der Waals surface area contributed by atoms with Crippen molar-refractivity contribution in [3.63, 3.8) is 0 Å². The normalized spacial score (nSPS) is 11.3. The summed E-state index contributed by atoms with van der Waals surface area (Å²) in [6.45, 7) is 4.03. The lowest BCUT2D eigenvalue weighted by atomic mass is 9.94. The van der Waals surface area contributed by atoms with Gasteiger partial charge in [0.15, 0.2) is 0 Å². The van der Waals surface area contributed by atoms with Crippen LogP contribution in [-0.2, 0) is 12.8 Å². The van der Waals surface area contributed by atoms with Gasteiger partial charge >= 0.3 is 0 Å². The molecule has 0 aliphatic carbocycles. The first kappa shape index (κ1) is 24.1. The highest BCUT2D eigenvalue weighted by molar-refractivity contribution is 7.28. The van der Waals surface area contributed by atoms with Gasteiger partial charge in [-0.1, -0.05) is 55.8 Å². The Morgan fingerprint density at radius 1 is 0.971 bits per heavy atom. The molecule has 2 aromatic carbocycles. The molecule has 2 heterocycles. The molecule has 0 spiro atoms. The molecule has 0 bridgehead atoms. The number of unbranched alkanes of at least 4 members (excludes halogenated alkanes) is 2. The Hall–Kier alpha value is -3.01. The maximum Gasteiger partial charge on any atom is 0.138 e.